The van der Waals surface area contributed by atoms with E-state index >= 15 is 0 Å². The van der Waals surface area contributed by atoms with Crippen LogP contribution in [-0.4, -0.2) is 4.57 Å². The summed E-state index contributed by atoms with van der Waals surface area (Å²) >= 11 is 0. The van der Waals surface area contributed by atoms with Crippen LogP contribution in [0.1, 0.15) is 31.9 Å². The van der Waals surface area contributed by atoms with E-state index in [9.17, 15) is 4.79 Å². The van der Waals surface area contributed by atoms with E-state index in [0.717, 1.165) is 22.9 Å². The largest absolute Gasteiger partial charge is 0.315 e. The third-order valence-corrected chi connectivity index (χ3v) is 2.78. The summed E-state index contributed by atoms with van der Waals surface area (Å²) in [4.78, 5) is 12.0. The van der Waals surface area contributed by atoms with Crippen LogP contribution in [0.3, 0.4) is 0 Å². The molecule has 0 saturated heterocycles. The van der Waals surface area contributed by atoms with Crippen molar-refractivity contribution in [2.75, 3.05) is 0 Å². The van der Waals surface area contributed by atoms with Gasteiger partial charge in [0.2, 0.25) is 0 Å². The second kappa shape index (κ2) is 5.67. The monoisotopic (exact) mass is 231 g/mol. The summed E-state index contributed by atoms with van der Waals surface area (Å²) in [6.45, 7) is 10.8. The molecule has 0 radical (unpaired) electrons. The normalized spacial score (nSPS) is 9.94. The lowest BCUT2D eigenvalue weighted by molar-refractivity contribution is 0.734. The number of hydrogen-bond acceptors (Lipinski definition) is 1. The van der Waals surface area contributed by atoms with Crippen molar-refractivity contribution in [1.29, 1.82) is 0 Å². The second-order valence-electron chi connectivity index (χ2n) is 3.95. The van der Waals surface area contributed by atoms with Crippen molar-refractivity contribution >= 4 is 10.8 Å². The Hall–Kier alpha value is -1.57. The molecule has 1 heterocycles. The molecule has 0 amide bonds. The molecule has 0 unspecified atom stereocenters. The average Bonchev–Trinajstić information content (AvgIpc) is 2.33. The van der Waals surface area contributed by atoms with E-state index < -0.39 is 0 Å². The summed E-state index contributed by atoms with van der Waals surface area (Å²) in [5.41, 5.74) is 2.43. The maximum Gasteiger partial charge on any atom is 0.258 e. The minimum atomic E-state index is 0.113. The number of hydrogen-bond donors (Lipinski definition) is 0. The van der Waals surface area contributed by atoms with Crippen molar-refractivity contribution in [3.8, 4) is 0 Å². The Morgan fingerprint density at radius 3 is 2.35 bits per heavy atom. The maximum absolute atomic E-state index is 12.0. The number of benzene rings is 1. The standard InChI is InChI=1S/C13H15NO.C2H6/c1-4-14-6-5-11-10(3)7-9(2)8-12(11)13(14)15;1-2/h5-8H,4H2,1-3H3;1-2H3. The van der Waals surface area contributed by atoms with Gasteiger partial charge in [-0.25, -0.2) is 0 Å². The maximum atomic E-state index is 12.0. The van der Waals surface area contributed by atoms with E-state index in [2.05, 4.69) is 6.07 Å². The Morgan fingerprint density at radius 2 is 1.76 bits per heavy atom. The molecule has 2 heteroatoms. The summed E-state index contributed by atoms with van der Waals surface area (Å²) in [5.74, 6) is 0. The zero-order chi connectivity index (χ0) is 13.0. The fourth-order valence-electron chi connectivity index (χ4n) is 2.01. The first kappa shape index (κ1) is 13.5. The van der Waals surface area contributed by atoms with E-state index in [0.29, 0.717) is 0 Å². The van der Waals surface area contributed by atoms with Crippen LogP contribution in [-0.2, 0) is 6.54 Å². The minimum absolute atomic E-state index is 0.113. The van der Waals surface area contributed by atoms with Crippen molar-refractivity contribution in [3.05, 3.63) is 45.9 Å². The van der Waals surface area contributed by atoms with Gasteiger partial charge in [0.25, 0.3) is 5.56 Å². The van der Waals surface area contributed by atoms with Gasteiger partial charge in [-0.1, -0.05) is 25.5 Å². The van der Waals surface area contributed by atoms with Gasteiger partial charge in [0, 0.05) is 18.1 Å². The first-order valence-corrected chi connectivity index (χ1v) is 6.24. The van der Waals surface area contributed by atoms with Gasteiger partial charge in [-0.2, -0.15) is 0 Å². The molecule has 2 aromatic rings. The lowest BCUT2D eigenvalue weighted by atomic mass is 10.0. The van der Waals surface area contributed by atoms with Gasteiger partial charge in [0.05, 0.1) is 0 Å². The van der Waals surface area contributed by atoms with Gasteiger partial charge in [0.1, 0.15) is 0 Å². The Bertz CT molecular complexity index is 567. The minimum Gasteiger partial charge on any atom is -0.315 e. The lowest BCUT2D eigenvalue weighted by Crippen LogP contribution is -2.18. The SMILES string of the molecule is CC.CCn1ccc2c(C)cc(C)cc2c1=O. The zero-order valence-corrected chi connectivity index (χ0v) is 11.4. The average molecular weight is 231 g/mol. The number of fused-ring (bicyclic) bond motifs is 1. The highest BCUT2D eigenvalue weighted by Crippen LogP contribution is 2.16. The lowest BCUT2D eigenvalue weighted by Gasteiger charge is -2.07. The molecule has 2 rings (SSSR count). The van der Waals surface area contributed by atoms with E-state index in [1.54, 1.807) is 4.57 Å². The summed E-state index contributed by atoms with van der Waals surface area (Å²) in [6.07, 6.45) is 1.87. The Kier molecular flexibility index (Phi) is 4.50. The molecule has 0 aliphatic rings. The van der Waals surface area contributed by atoms with Crippen LogP contribution in [0.4, 0.5) is 0 Å². The van der Waals surface area contributed by atoms with E-state index in [1.807, 2.05) is 52.9 Å². The molecular formula is C15H21NO. The molecule has 1 aromatic carbocycles. The highest BCUT2D eigenvalue weighted by molar-refractivity contribution is 5.85. The third kappa shape index (κ3) is 2.57. The Morgan fingerprint density at radius 1 is 1.12 bits per heavy atom. The number of rotatable bonds is 1. The molecule has 0 atom stereocenters. The summed E-state index contributed by atoms with van der Waals surface area (Å²) in [6, 6.07) is 6.10. The second-order valence-corrected chi connectivity index (χ2v) is 3.95. The summed E-state index contributed by atoms with van der Waals surface area (Å²) in [5, 5.41) is 1.90. The number of aromatic nitrogens is 1. The van der Waals surface area contributed by atoms with E-state index in [4.69, 9.17) is 0 Å². The van der Waals surface area contributed by atoms with E-state index in [1.165, 1.54) is 5.56 Å². The van der Waals surface area contributed by atoms with Crippen LogP contribution < -0.4 is 5.56 Å². The van der Waals surface area contributed by atoms with Crippen molar-refractivity contribution in [2.24, 2.45) is 0 Å². The molecule has 0 aliphatic carbocycles. The van der Waals surface area contributed by atoms with Gasteiger partial charge < -0.3 is 4.57 Å². The van der Waals surface area contributed by atoms with Crippen LogP contribution in [0, 0.1) is 13.8 Å². The smallest absolute Gasteiger partial charge is 0.258 e. The fraction of sp³-hybridized carbons (Fsp3) is 0.400. The molecule has 0 N–H and O–H groups in total. The fourth-order valence-corrected chi connectivity index (χ4v) is 2.01. The highest BCUT2D eigenvalue weighted by Gasteiger charge is 2.04. The highest BCUT2D eigenvalue weighted by atomic mass is 16.1. The third-order valence-electron chi connectivity index (χ3n) is 2.78. The van der Waals surface area contributed by atoms with Crippen LogP contribution in [0.2, 0.25) is 0 Å². The molecule has 0 aliphatic heterocycles. The molecule has 92 valence electrons. The van der Waals surface area contributed by atoms with E-state index in [-0.39, 0.29) is 5.56 Å². The number of pyridine rings is 1. The van der Waals surface area contributed by atoms with Crippen molar-refractivity contribution in [3.63, 3.8) is 0 Å². The molecule has 0 bridgehead atoms. The van der Waals surface area contributed by atoms with Gasteiger partial charge in [0.15, 0.2) is 0 Å². The van der Waals surface area contributed by atoms with Crippen LogP contribution in [0.25, 0.3) is 10.8 Å². The first-order valence-electron chi connectivity index (χ1n) is 6.24. The molecule has 0 spiro atoms. The Labute approximate surface area is 103 Å². The quantitative estimate of drug-likeness (QED) is 0.734. The van der Waals surface area contributed by atoms with Crippen molar-refractivity contribution < 1.29 is 0 Å². The topological polar surface area (TPSA) is 22.0 Å². The molecular weight excluding hydrogens is 210 g/mol. The predicted octanol–water partition coefficient (Wildman–Crippen LogP) is 3.66. The van der Waals surface area contributed by atoms with Gasteiger partial charge >= 0.3 is 0 Å². The predicted molar refractivity (Wildman–Crippen MR) is 74.7 cm³/mol. The number of nitrogens with zero attached hydrogens (tertiary/aromatic N) is 1. The van der Waals surface area contributed by atoms with Gasteiger partial charge in [-0.3, -0.25) is 4.79 Å². The van der Waals surface area contributed by atoms with Gasteiger partial charge in [-0.05, 0) is 43.9 Å². The van der Waals surface area contributed by atoms with Crippen LogP contribution in [0.15, 0.2) is 29.2 Å². The summed E-state index contributed by atoms with van der Waals surface area (Å²) in [7, 11) is 0. The summed E-state index contributed by atoms with van der Waals surface area (Å²) < 4.78 is 1.74. The molecule has 1 aromatic heterocycles. The first-order chi connectivity index (χ1) is 8.13. The zero-order valence-electron chi connectivity index (χ0n) is 11.4. The van der Waals surface area contributed by atoms with Crippen LogP contribution >= 0.6 is 0 Å². The molecule has 0 saturated carbocycles. The van der Waals surface area contributed by atoms with Crippen molar-refractivity contribution in [2.45, 2.75) is 41.2 Å². The number of aryl methyl sites for hydroxylation is 3. The molecule has 0 fully saturated rings. The van der Waals surface area contributed by atoms with Gasteiger partial charge in [-0.15, -0.1) is 0 Å². The van der Waals surface area contributed by atoms with Crippen molar-refractivity contribution in [1.82, 2.24) is 4.57 Å². The Balaban J connectivity index is 0.000000686. The molecule has 2 nitrogen and oxygen atoms in total. The van der Waals surface area contributed by atoms with Crippen LogP contribution in [0.5, 0.6) is 0 Å². The molecule has 17 heavy (non-hydrogen) atoms.